The van der Waals surface area contributed by atoms with Crippen LogP contribution in [0.5, 0.6) is 11.5 Å². The van der Waals surface area contributed by atoms with E-state index in [9.17, 15) is 9.59 Å². The van der Waals surface area contributed by atoms with Gasteiger partial charge in [-0.1, -0.05) is 6.92 Å². The van der Waals surface area contributed by atoms with Crippen LogP contribution in [0.1, 0.15) is 39.7 Å². The molecular weight excluding hydrogens is 310 g/mol. The highest BCUT2D eigenvalue weighted by atomic mass is 16.5. The summed E-state index contributed by atoms with van der Waals surface area (Å²) in [4.78, 5) is 23.2. The fraction of sp³-hybridized carbons (Fsp3) is 0.471. The first-order valence-corrected chi connectivity index (χ1v) is 8.05. The minimum atomic E-state index is -0.810. The molecule has 0 unspecified atom stereocenters. The molecule has 7 nitrogen and oxygen atoms in total. The number of nitrogens with zero attached hydrogens (tertiary/aromatic N) is 1. The molecule has 1 atom stereocenters. The van der Waals surface area contributed by atoms with Crippen molar-refractivity contribution in [2.45, 2.75) is 40.2 Å². The molecule has 2 amide bonds. The fourth-order valence-corrected chi connectivity index (χ4v) is 1.76. The Bertz CT molecular complexity index is 587. The summed E-state index contributed by atoms with van der Waals surface area (Å²) in [6.45, 7) is 8.55. The number of benzene rings is 1. The number of hydrogen-bond donors (Lipinski definition) is 2. The highest BCUT2D eigenvalue weighted by Crippen LogP contribution is 2.23. The molecule has 7 heteroatoms. The van der Waals surface area contributed by atoms with Crippen molar-refractivity contribution in [1.29, 1.82) is 0 Å². The molecule has 1 aromatic carbocycles. The van der Waals surface area contributed by atoms with E-state index < -0.39 is 11.8 Å². The zero-order valence-corrected chi connectivity index (χ0v) is 14.6. The molecule has 0 saturated heterocycles. The minimum absolute atomic E-state index is 0.0668. The van der Waals surface area contributed by atoms with Gasteiger partial charge in [0.2, 0.25) is 0 Å². The van der Waals surface area contributed by atoms with Gasteiger partial charge < -0.3 is 14.8 Å². The van der Waals surface area contributed by atoms with Crippen molar-refractivity contribution in [2.24, 2.45) is 5.10 Å². The van der Waals surface area contributed by atoms with Crippen LogP contribution in [0, 0.1) is 0 Å². The topological polar surface area (TPSA) is 89.0 Å². The Hall–Kier alpha value is -2.57. The van der Waals surface area contributed by atoms with Gasteiger partial charge in [0.25, 0.3) is 0 Å². The number of rotatable bonds is 8. The third-order valence-electron chi connectivity index (χ3n) is 3.16. The number of ether oxygens (including phenoxy) is 2. The van der Waals surface area contributed by atoms with Crippen molar-refractivity contribution in [3.63, 3.8) is 0 Å². The van der Waals surface area contributed by atoms with Crippen LogP contribution >= 0.6 is 0 Å². The number of amides is 2. The summed E-state index contributed by atoms with van der Waals surface area (Å²) >= 11 is 0. The minimum Gasteiger partial charge on any atom is -0.494 e. The maximum absolute atomic E-state index is 11.6. The summed E-state index contributed by atoms with van der Waals surface area (Å²) in [7, 11) is 0. The van der Waals surface area contributed by atoms with Crippen LogP contribution in [-0.4, -0.2) is 37.3 Å². The second kappa shape index (κ2) is 10.3. The van der Waals surface area contributed by atoms with Crippen LogP contribution in [0.15, 0.2) is 23.3 Å². The number of carbonyl (C=O) groups is 2. The maximum Gasteiger partial charge on any atom is 0.329 e. The molecule has 132 valence electrons. The Labute approximate surface area is 142 Å². The summed E-state index contributed by atoms with van der Waals surface area (Å²) in [6, 6.07) is 5.24. The number of carbonyl (C=O) groups excluding carboxylic acids is 2. The summed E-state index contributed by atoms with van der Waals surface area (Å²) in [5.41, 5.74) is 2.87. The largest absolute Gasteiger partial charge is 0.494 e. The molecule has 0 bridgehead atoms. The van der Waals surface area contributed by atoms with E-state index in [-0.39, 0.29) is 6.04 Å². The predicted molar refractivity (Wildman–Crippen MR) is 92.4 cm³/mol. The normalized spacial score (nSPS) is 11.8. The summed E-state index contributed by atoms with van der Waals surface area (Å²) in [5.74, 6) is -0.241. The van der Waals surface area contributed by atoms with Gasteiger partial charge >= 0.3 is 11.8 Å². The first-order valence-electron chi connectivity index (χ1n) is 8.05. The Kier molecular flexibility index (Phi) is 8.32. The lowest BCUT2D eigenvalue weighted by atomic mass is 10.2. The lowest BCUT2D eigenvalue weighted by molar-refractivity contribution is -0.139. The second-order valence-electron chi connectivity index (χ2n) is 5.05. The number of nitrogens with one attached hydrogen (secondary N) is 2. The Morgan fingerprint density at radius 3 is 2.50 bits per heavy atom. The van der Waals surface area contributed by atoms with Gasteiger partial charge in [0, 0.05) is 17.7 Å². The highest BCUT2D eigenvalue weighted by molar-refractivity contribution is 6.35. The van der Waals surface area contributed by atoms with Crippen LogP contribution < -0.4 is 20.2 Å². The molecule has 1 rings (SSSR count). The van der Waals surface area contributed by atoms with Gasteiger partial charge in [-0.15, -0.1) is 0 Å². The first kappa shape index (κ1) is 19.5. The fourth-order valence-electron chi connectivity index (χ4n) is 1.76. The molecule has 0 spiro atoms. The lowest BCUT2D eigenvalue weighted by Crippen LogP contribution is -2.41. The molecular formula is C17H25N3O4. The molecule has 24 heavy (non-hydrogen) atoms. The third-order valence-corrected chi connectivity index (χ3v) is 3.16. The zero-order chi connectivity index (χ0) is 17.9. The first-order chi connectivity index (χ1) is 11.5. The maximum atomic E-state index is 11.6. The van der Waals surface area contributed by atoms with Crippen LogP contribution in [-0.2, 0) is 9.59 Å². The van der Waals surface area contributed by atoms with Gasteiger partial charge in [-0.25, -0.2) is 5.43 Å². The van der Waals surface area contributed by atoms with Gasteiger partial charge in [-0.05, 0) is 39.3 Å². The van der Waals surface area contributed by atoms with E-state index in [0.717, 1.165) is 6.42 Å². The molecule has 0 aliphatic heterocycles. The summed E-state index contributed by atoms with van der Waals surface area (Å²) in [5, 5.41) is 6.37. The molecule has 0 aliphatic carbocycles. The van der Waals surface area contributed by atoms with Crippen LogP contribution in [0.4, 0.5) is 0 Å². The third kappa shape index (κ3) is 6.28. The number of hydrazone groups is 1. The van der Waals surface area contributed by atoms with Crippen LogP contribution in [0.2, 0.25) is 0 Å². The van der Waals surface area contributed by atoms with Crippen molar-refractivity contribution in [2.75, 3.05) is 13.2 Å². The molecule has 0 fully saturated rings. The van der Waals surface area contributed by atoms with Crippen molar-refractivity contribution < 1.29 is 19.1 Å². The predicted octanol–water partition coefficient (Wildman–Crippen LogP) is 1.85. The van der Waals surface area contributed by atoms with E-state index in [1.807, 2.05) is 27.7 Å². The van der Waals surface area contributed by atoms with Crippen LogP contribution in [0.25, 0.3) is 0 Å². The highest BCUT2D eigenvalue weighted by Gasteiger charge is 2.14. The number of hydrogen-bond acceptors (Lipinski definition) is 5. The smallest absolute Gasteiger partial charge is 0.329 e. The Morgan fingerprint density at radius 1 is 1.17 bits per heavy atom. The van der Waals surface area contributed by atoms with E-state index >= 15 is 0 Å². The van der Waals surface area contributed by atoms with E-state index in [0.29, 0.717) is 30.3 Å². The second-order valence-corrected chi connectivity index (χ2v) is 5.05. The Balaban J connectivity index is 2.72. The molecule has 0 heterocycles. The standard InChI is InChI=1S/C17H25N3O4/c1-5-12(4)19-16(21)17(22)20-18-11-13-8-9-14(23-6-2)10-15(13)24-7-3/h8-12H,5-7H2,1-4H3,(H,19,21)(H,20,22)/b18-11-/t12-/m0/s1. The van der Waals surface area contributed by atoms with Crippen molar-refractivity contribution >= 4 is 18.0 Å². The average molecular weight is 335 g/mol. The van der Waals surface area contributed by atoms with Crippen LogP contribution in [0.3, 0.4) is 0 Å². The van der Waals surface area contributed by atoms with Crippen molar-refractivity contribution in [3.05, 3.63) is 23.8 Å². The molecule has 0 aliphatic rings. The van der Waals surface area contributed by atoms with Gasteiger partial charge in [0.15, 0.2) is 0 Å². The average Bonchev–Trinajstić information content (AvgIpc) is 2.56. The SMILES string of the molecule is CCOc1ccc(/C=N\NC(=O)C(=O)N[C@@H](C)CC)c(OCC)c1. The van der Waals surface area contributed by atoms with Gasteiger partial charge in [-0.2, -0.15) is 5.10 Å². The van der Waals surface area contributed by atoms with Gasteiger partial charge in [0.1, 0.15) is 11.5 Å². The van der Waals surface area contributed by atoms with Gasteiger partial charge in [0.05, 0.1) is 19.4 Å². The summed E-state index contributed by atoms with van der Waals surface area (Å²) < 4.78 is 11.0. The lowest BCUT2D eigenvalue weighted by Gasteiger charge is -2.10. The summed E-state index contributed by atoms with van der Waals surface area (Å²) in [6.07, 6.45) is 2.17. The van der Waals surface area contributed by atoms with Crippen molar-refractivity contribution in [3.8, 4) is 11.5 Å². The Morgan fingerprint density at radius 2 is 1.88 bits per heavy atom. The molecule has 2 N–H and O–H groups in total. The van der Waals surface area contributed by atoms with E-state index in [4.69, 9.17) is 9.47 Å². The van der Waals surface area contributed by atoms with E-state index in [2.05, 4.69) is 15.8 Å². The molecule has 1 aromatic rings. The molecule has 0 radical (unpaired) electrons. The van der Waals surface area contributed by atoms with Gasteiger partial charge in [-0.3, -0.25) is 9.59 Å². The monoisotopic (exact) mass is 335 g/mol. The molecule has 0 aromatic heterocycles. The molecule has 0 saturated carbocycles. The van der Waals surface area contributed by atoms with E-state index in [1.165, 1.54) is 6.21 Å². The zero-order valence-electron chi connectivity index (χ0n) is 14.6. The quantitative estimate of drug-likeness (QED) is 0.431. The van der Waals surface area contributed by atoms with Crippen molar-refractivity contribution in [1.82, 2.24) is 10.7 Å². The van der Waals surface area contributed by atoms with E-state index in [1.54, 1.807) is 18.2 Å².